The lowest BCUT2D eigenvalue weighted by atomic mass is 10.0. The smallest absolute Gasteiger partial charge is 0.257 e. The van der Waals surface area contributed by atoms with Crippen LogP contribution in [0.4, 0.5) is 0 Å². The predicted octanol–water partition coefficient (Wildman–Crippen LogP) is -0.272. The van der Waals surface area contributed by atoms with Gasteiger partial charge < -0.3 is 15.0 Å². The molecule has 1 aliphatic rings. The maximum absolute atomic E-state index is 12.2. The topological polar surface area (TPSA) is 101 Å². The van der Waals surface area contributed by atoms with Gasteiger partial charge in [-0.1, -0.05) is 42.5 Å². The molecule has 1 heterocycles. The van der Waals surface area contributed by atoms with Gasteiger partial charge in [-0.25, -0.2) is 0 Å². The van der Waals surface area contributed by atoms with Crippen LogP contribution in [0, 0.1) is 0 Å². The minimum atomic E-state index is -0.472. The fraction of sp³-hybridized carbons (Fsp3) is 0.435. The predicted molar refractivity (Wildman–Crippen MR) is 117 cm³/mol. The van der Waals surface area contributed by atoms with Crippen molar-refractivity contribution in [2.75, 3.05) is 26.2 Å². The second-order valence-electron chi connectivity index (χ2n) is 8.10. The molecule has 0 saturated carbocycles. The van der Waals surface area contributed by atoms with E-state index in [1.165, 1.54) is 4.90 Å². The molecule has 3 amide bonds. The zero-order valence-electron chi connectivity index (χ0n) is 18.1. The molecule has 0 unspecified atom stereocenters. The minimum Gasteiger partial charge on any atom is -0.364 e. The van der Waals surface area contributed by atoms with Crippen LogP contribution in [0.25, 0.3) is 10.8 Å². The van der Waals surface area contributed by atoms with Crippen LogP contribution in [0.3, 0.4) is 0 Å². The Hall–Kier alpha value is -2.97. The number of nitrogens with one attached hydrogen (secondary N) is 4. The van der Waals surface area contributed by atoms with Gasteiger partial charge in [0.1, 0.15) is 25.3 Å². The summed E-state index contributed by atoms with van der Waals surface area (Å²) >= 11 is 0. The van der Waals surface area contributed by atoms with Crippen LogP contribution in [0.2, 0.25) is 0 Å². The monoisotopic (exact) mass is 427 g/mol. The zero-order chi connectivity index (χ0) is 22.2. The number of hydrogen-bond acceptors (Lipinski definition) is 4. The third-order valence-electron chi connectivity index (χ3n) is 5.34. The summed E-state index contributed by atoms with van der Waals surface area (Å²) in [6.07, 6.45) is 0.848. The summed E-state index contributed by atoms with van der Waals surface area (Å²) < 4.78 is 5.69. The molecule has 2 atom stereocenters. The van der Waals surface area contributed by atoms with E-state index in [2.05, 4.69) is 16.2 Å². The maximum atomic E-state index is 12.2. The van der Waals surface area contributed by atoms with Gasteiger partial charge in [-0.15, -0.1) is 0 Å². The fourth-order valence-corrected chi connectivity index (χ4v) is 3.99. The molecule has 8 nitrogen and oxygen atoms in total. The standard InChI is InChI=1S/C23H30N4O4/c1-16-14-27(15-17(2)31-16)11-10-21(28)25-26-23(30)13-24-22(29)12-19-8-5-7-18-6-3-4-9-20(18)19/h3-9,16-17H,10-15H2,1-2H3,(H,24,29)(H,25,28)(H,26,30)/p+1/t16-,17-/m1/s1. The van der Waals surface area contributed by atoms with E-state index in [0.717, 1.165) is 29.4 Å². The number of morpholine rings is 1. The molecule has 0 aromatic heterocycles. The summed E-state index contributed by atoms with van der Waals surface area (Å²) in [5, 5.41) is 4.68. The van der Waals surface area contributed by atoms with Crippen molar-refractivity contribution >= 4 is 28.5 Å². The van der Waals surface area contributed by atoms with E-state index >= 15 is 0 Å². The highest BCUT2D eigenvalue weighted by atomic mass is 16.5. The Kier molecular flexibility index (Phi) is 7.97. The van der Waals surface area contributed by atoms with Crippen LogP contribution in [0.5, 0.6) is 0 Å². The Balaban J connectivity index is 1.35. The molecular weight excluding hydrogens is 396 g/mol. The SMILES string of the molecule is C[C@@H]1C[NH+](CCC(=O)NNC(=O)CNC(=O)Cc2cccc3ccccc23)C[C@@H](C)O1. The number of hydrogen-bond donors (Lipinski definition) is 4. The Morgan fingerprint density at radius 2 is 1.61 bits per heavy atom. The summed E-state index contributed by atoms with van der Waals surface area (Å²) in [6.45, 7) is 6.28. The van der Waals surface area contributed by atoms with Gasteiger partial charge in [-0.05, 0) is 30.2 Å². The highest BCUT2D eigenvalue weighted by molar-refractivity contribution is 5.91. The summed E-state index contributed by atoms with van der Waals surface area (Å²) in [6, 6.07) is 13.7. The van der Waals surface area contributed by atoms with E-state index in [4.69, 9.17) is 4.74 Å². The molecule has 4 N–H and O–H groups in total. The van der Waals surface area contributed by atoms with Crippen LogP contribution in [0.15, 0.2) is 42.5 Å². The van der Waals surface area contributed by atoms with Gasteiger partial charge in [0.2, 0.25) is 11.8 Å². The summed E-state index contributed by atoms with van der Waals surface area (Å²) in [5.41, 5.74) is 5.66. The van der Waals surface area contributed by atoms with Crippen molar-refractivity contribution in [3.05, 3.63) is 48.0 Å². The molecule has 2 aromatic carbocycles. The second kappa shape index (κ2) is 10.9. The van der Waals surface area contributed by atoms with E-state index in [0.29, 0.717) is 13.0 Å². The Bertz CT molecular complexity index is 917. The lowest BCUT2D eigenvalue weighted by Gasteiger charge is -2.32. The van der Waals surface area contributed by atoms with Gasteiger partial charge in [0.25, 0.3) is 5.91 Å². The normalized spacial score (nSPS) is 20.8. The number of hydrazine groups is 1. The fourth-order valence-electron chi connectivity index (χ4n) is 3.99. The third-order valence-corrected chi connectivity index (χ3v) is 5.34. The van der Waals surface area contributed by atoms with Gasteiger partial charge in [-0.3, -0.25) is 25.2 Å². The summed E-state index contributed by atoms with van der Waals surface area (Å²) in [5.74, 6) is -0.979. The highest BCUT2D eigenvalue weighted by Gasteiger charge is 2.25. The third kappa shape index (κ3) is 7.04. The molecule has 1 saturated heterocycles. The summed E-state index contributed by atoms with van der Waals surface area (Å²) in [7, 11) is 0. The molecule has 1 aliphatic heterocycles. The van der Waals surface area contributed by atoms with Crippen LogP contribution < -0.4 is 21.1 Å². The minimum absolute atomic E-state index is 0.180. The average Bonchev–Trinajstić information content (AvgIpc) is 2.74. The largest absolute Gasteiger partial charge is 0.364 e. The van der Waals surface area contributed by atoms with Crippen molar-refractivity contribution in [2.45, 2.75) is 38.9 Å². The molecule has 31 heavy (non-hydrogen) atoms. The first kappa shape index (κ1) is 22.7. The number of carbonyl (C=O) groups excluding carboxylic acids is 3. The quantitative estimate of drug-likeness (QED) is 0.457. The Morgan fingerprint density at radius 1 is 0.935 bits per heavy atom. The number of benzene rings is 2. The lowest BCUT2D eigenvalue weighted by molar-refractivity contribution is -0.914. The first-order valence-electron chi connectivity index (χ1n) is 10.7. The zero-order valence-corrected chi connectivity index (χ0v) is 18.1. The molecule has 0 spiro atoms. The molecule has 3 rings (SSSR count). The van der Waals surface area contributed by atoms with Crippen LogP contribution >= 0.6 is 0 Å². The highest BCUT2D eigenvalue weighted by Crippen LogP contribution is 2.18. The van der Waals surface area contributed by atoms with E-state index in [1.807, 2.05) is 56.3 Å². The number of rotatable bonds is 7. The first-order valence-corrected chi connectivity index (χ1v) is 10.7. The van der Waals surface area contributed by atoms with E-state index < -0.39 is 5.91 Å². The molecule has 166 valence electrons. The number of fused-ring (bicyclic) bond motifs is 1. The lowest BCUT2D eigenvalue weighted by Crippen LogP contribution is -3.15. The number of quaternary nitrogens is 1. The average molecular weight is 428 g/mol. The number of amides is 3. The van der Waals surface area contributed by atoms with Crippen molar-refractivity contribution in [1.29, 1.82) is 0 Å². The molecule has 0 radical (unpaired) electrons. The van der Waals surface area contributed by atoms with Gasteiger partial charge in [0.15, 0.2) is 0 Å². The molecule has 2 aromatic rings. The van der Waals surface area contributed by atoms with E-state index in [-0.39, 0.29) is 37.0 Å². The first-order chi connectivity index (χ1) is 14.9. The molecule has 0 bridgehead atoms. The maximum Gasteiger partial charge on any atom is 0.257 e. The number of carbonyl (C=O) groups is 3. The van der Waals surface area contributed by atoms with Crippen molar-refractivity contribution in [1.82, 2.24) is 16.2 Å². The Labute approximate surface area is 182 Å². The van der Waals surface area contributed by atoms with Crippen molar-refractivity contribution in [3.63, 3.8) is 0 Å². The van der Waals surface area contributed by atoms with Crippen molar-refractivity contribution < 1.29 is 24.0 Å². The summed E-state index contributed by atoms with van der Waals surface area (Å²) in [4.78, 5) is 37.5. The Morgan fingerprint density at radius 3 is 2.39 bits per heavy atom. The van der Waals surface area contributed by atoms with Gasteiger partial charge >= 0.3 is 0 Å². The molecule has 8 heteroatoms. The van der Waals surface area contributed by atoms with Gasteiger partial charge in [0, 0.05) is 0 Å². The molecule has 1 fully saturated rings. The van der Waals surface area contributed by atoms with Crippen LogP contribution in [-0.4, -0.2) is 56.1 Å². The molecule has 0 aliphatic carbocycles. The molecular formula is C23H31N4O4+. The van der Waals surface area contributed by atoms with E-state index in [9.17, 15) is 14.4 Å². The van der Waals surface area contributed by atoms with Crippen LogP contribution in [-0.2, 0) is 25.5 Å². The van der Waals surface area contributed by atoms with Crippen LogP contribution in [0.1, 0.15) is 25.8 Å². The second-order valence-corrected chi connectivity index (χ2v) is 8.10. The van der Waals surface area contributed by atoms with Gasteiger partial charge in [-0.2, -0.15) is 0 Å². The van der Waals surface area contributed by atoms with E-state index in [1.54, 1.807) is 0 Å². The number of ether oxygens (including phenoxy) is 1. The van der Waals surface area contributed by atoms with Crippen molar-refractivity contribution in [2.24, 2.45) is 0 Å². The van der Waals surface area contributed by atoms with Gasteiger partial charge in [0.05, 0.1) is 25.9 Å². The van der Waals surface area contributed by atoms with Crippen molar-refractivity contribution in [3.8, 4) is 0 Å².